The summed E-state index contributed by atoms with van der Waals surface area (Å²) < 4.78 is 13.6. The third-order valence-corrected chi connectivity index (χ3v) is 4.08. The number of benzene rings is 2. The van der Waals surface area contributed by atoms with Crippen LogP contribution in [0.3, 0.4) is 0 Å². The standard InChI is InChI=1S/C16H16ClFN2/c17-12-8-14(19)16(9-13(12)18)20-15-7-3-5-10-4-1-2-6-11(10)15/h1-2,4,6,8-9,15,20H,3,5,7,19H2. The molecule has 1 unspecified atom stereocenters. The Balaban J connectivity index is 1.91. The molecule has 0 saturated heterocycles. The maximum atomic E-state index is 13.6. The summed E-state index contributed by atoms with van der Waals surface area (Å²) in [7, 11) is 0. The predicted octanol–water partition coefficient (Wildman–Crippen LogP) is 4.55. The van der Waals surface area contributed by atoms with Crippen molar-refractivity contribution in [2.45, 2.75) is 25.3 Å². The molecule has 1 aliphatic carbocycles. The molecule has 0 bridgehead atoms. The van der Waals surface area contributed by atoms with E-state index in [1.165, 1.54) is 23.3 Å². The molecule has 3 rings (SSSR count). The molecule has 104 valence electrons. The number of fused-ring (bicyclic) bond motifs is 1. The van der Waals surface area contributed by atoms with Crippen LogP contribution in [0, 0.1) is 5.82 Å². The lowest BCUT2D eigenvalue weighted by Crippen LogP contribution is -2.18. The van der Waals surface area contributed by atoms with Crippen molar-refractivity contribution in [3.05, 3.63) is 58.4 Å². The van der Waals surface area contributed by atoms with Crippen LogP contribution in [0.15, 0.2) is 36.4 Å². The summed E-state index contributed by atoms with van der Waals surface area (Å²) in [5, 5.41) is 3.40. The van der Waals surface area contributed by atoms with Crippen molar-refractivity contribution in [3.8, 4) is 0 Å². The van der Waals surface area contributed by atoms with Gasteiger partial charge in [-0.25, -0.2) is 4.39 Å². The van der Waals surface area contributed by atoms with Crippen LogP contribution in [-0.4, -0.2) is 0 Å². The van der Waals surface area contributed by atoms with Crippen LogP contribution in [-0.2, 0) is 6.42 Å². The van der Waals surface area contributed by atoms with E-state index in [0.717, 1.165) is 19.3 Å². The highest BCUT2D eigenvalue weighted by Crippen LogP contribution is 2.35. The SMILES string of the molecule is Nc1cc(Cl)c(F)cc1NC1CCCc2ccccc21. The lowest BCUT2D eigenvalue weighted by atomic mass is 9.87. The molecular formula is C16H16ClFN2. The summed E-state index contributed by atoms with van der Waals surface area (Å²) >= 11 is 5.73. The Labute approximate surface area is 122 Å². The van der Waals surface area contributed by atoms with Crippen molar-refractivity contribution in [1.29, 1.82) is 0 Å². The molecule has 20 heavy (non-hydrogen) atoms. The first-order valence-electron chi connectivity index (χ1n) is 6.74. The van der Waals surface area contributed by atoms with Crippen LogP contribution in [0.5, 0.6) is 0 Å². The monoisotopic (exact) mass is 290 g/mol. The largest absolute Gasteiger partial charge is 0.397 e. The maximum Gasteiger partial charge on any atom is 0.143 e. The van der Waals surface area contributed by atoms with E-state index in [1.807, 2.05) is 6.07 Å². The molecule has 2 aromatic carbocycles. The number of halogens is 2. The third-order valence-electron chi connectivity index (χ3n) is 3.79. The Kier molecular flexibility index (Phi) is 3.53. The molecule has 0 fully saturated rings. The molecule has 3 N–H and O–H groups in total. The predicted molar refractivity (Wildman–Crippen MR) is 81.6 cm³/mol. The van der Waals surface area contributed by atoms with Crippen molar-refractivity contribution in [3.63, 3.8) is 0 Å². The minimum Gasteiger partial charge on any atom is -0.397 e. The molecule has 0 aliphatic heterocycles. The maximum absolute atomic E-state index is 13.6. The summed E-state index contributed by atoms with van der Waals surface area (Å²) in [6.07, 6.45) is 3.23. The normalized spacial score (nSPS) is 17.6. The third kappa shape index (κ3) is 2.46. The zero-order valence-electron chi connectivity index (χ0n) is 11.0. The number of hydrogen-bond donors (Lipinski definition) is 2. The first kappa shape index (κ1) is 13.3. The van der Waals surface area contributed by atoms with Gasteiger partial charge in [0.1, 0.15) is 5.82 Å². The van der Waals surface area contributed by atoms with E-state index in [-0.39, 0.29) is 11.1 Å². The fourth-order valence-electron chi connectivity index (χ4n) is 2.78. The molecule has 4 heteroatoms. The number of rotatable bonds is 2. The second kappa shape index (κ2) is 5.33. The second-order valence-electron chi connectivity index (χ2n) is 5.14. The summed E-state index contributed by atoms with van der Waals surface area (Å²) in [6.45, 7) is 0. The minimum atomic E-state index is -0.451. The van der Waals surface area contributed by atoms with Crippen LogP contribution < -0.4 is 11.1 Å². The second-order valence-corrected chi connectivity index (χ2v) is 5.55. The van der Waals surface area contributed by atoms with E-state index >= 15 is 0 Å². The Morgan fingerprint density at radius 2 is 2.05 bits per heavy atom. The Hall–Kier alpha value is -1.74. The highest BCUT2D eigenvalue weighted by molar-refractivity contribution is 6.31. The number of nitrogen functional groups attached to an aromatic ring is 1. The number of anilines is 2. The van der Waals surface area contributed by atoms with Gasteiger partial charge in [0, 0.05) is 6.07 Å². The summed E-state index contributed by atoms with van der Waals surface area (Å²) in [5.41, 5.74) is 9.61. The number of aryl methyl sites for hydroxylation is 1. The highest BCUT2D eigenvalue weighted by atomic mass is 35.5. The molecular weight excluding hydrogens is 275 g/mol. The van der Waals surface area contributed by atoms with Gasteiger partial charge in [-0.3, -0.25) is 0 Å². The number of hydrogen-bond acceptors (Lipinski definition) is 2. The Morgan fingerprint density at radius 3 is 2.90 bits per heavy atom. The quantitative estimate of drug-likeness (QED) is 0.796. The average molecular weight is 291 g/mol. The van der Waals surface area contributed by atoms with Crippen LogP contribution in [0.2, 0.25) is 5.02 Å². The van der Waals surface area contributed by atoms with Gasteiger partial charge < -0.3 is 11.1 Å². The molecule has 0 amide bonds. The molecule has 0 radical (unpaired) electrons. The lowest BCUT2D eigenvalue weighted by Gasteiger charge is -2.27. The van der Waals surface area contributed by atoms with E-state index < -0.39 is 5.82 Å². The van der Waals surface area contributed by atoms with Crippen molar-refractivity contribution < 1.29 is 4.39 Å². The molecule has 1 atom stereocenters. The molecule has 0 spiro atoms. The van der Waals surface area contributed by atoms with E-state index in [4.69, 9.17) is 17.3 Å². The average Bonchev–Trinajstić information content (AvgIpc) is 2.45. The van der Waals surface area contributed by atoms with Gasteiger partial charge in [0.25, 0.3) is 0 Å². The van der Waals surface area contributed by atoms with Crippen molar-refractivity contribution in [2.75, 3.05) is 11.1 Å². The van der Waals surface area contributed by atoms with Gasteiger partial charge in [-0.2, -0.15) is 0 Å². The fraction of sp³-hybridized carbons (Fsp3) is 0.250. The van der Waals surface area contributed by atoms with Gasteiger partial charge in [0.2, 0.25) is 0 Å². The molecule has 0 saturated carbocycles. The van der Waals surface area contributed by atoms with Crippen LogP contribution >= 0.6 is 11.6 Å². The fourth-order valence-corrected chi connectivity index (χ4v) is 2.95. The van der Waals surface area contributed by atoms with Crippen LogP contribution in [0.1, 0.15) is 30.0 Å². The lowest BCUT2D eigenvalue weighted by molar-refractivity contribution is 0.598. The van der Waals surface area contributed by atoms with Crippen LogP contribution in [0.4, 0.5) is 15.8 Å². The van der Waals surface area contributed by atoms with Gasteiger partial charge >= 0.3 is 0 Å². The van der Waals surface area contributed by atoms with Gasteiger partial charge in [0.05, 0.1) is 22.4 Å². The van der Waals surface area contributed by atoms with E-state index in [0.29, 0.717) is 11.4 Å². The zero-order valence-corrected chi connectivity index (χ0v) is 11.8. The smallest absolute Gasteiger partial charge is 0.143 e. The van der Waals surface area contributed by atoms with E-state index in [1.54, 1.807) is 0 Å². The van der Waals surface area contributed by atoms with Gasteiger partial charge in [-0.05, 0) is 36.5 Å². The van der Waals surface area contributed by atoms with Gasteiger partial charge in [-0.15, -0.1) is 0 Å². The zero-order chi connectivity index (χ0) is 14.1. The molecule has 1 aliphatic rings. The van der Waals surface area contributed by atoms with Crippen molar-refractivity contribution in [2.24, 2.45) is 0 Å². The summed E-state index contributed by atoms with van der Waals surface area (Å²) in [6, 6.07) is 11.3. The molecule has 2 aromatic rings. The van der Waals surface area contributed by atoms with Gasteiger partial charge in [0.15, 0.2) is 0 Å². The van der Waals surface area contributed by atoms with Crippen molar-refractivity contribution >= 4 is 23.0 Å². The molecule has 0 aromatic heterocycles. The first-order chi connectivity index (χ1) is 9.65. The summed E-state index contributed by atoms with van der Waals surface area (Å²) in [5.74, 6) is -0.451. The number of nitrogens with two attached hydrogens (primary N) is 1. The van der Waals surface area contributed by atoms with E-state index in [9.17, 15) is 4.39 Å². The molecule has 2 nitrogen and oxygen atoms in total. The van der Waals surface area contributed by atoms with Gasteiger partial charge in [-0.1, -0.05) is 35.9 Å². The Bertz CT molecular complexity index is 642. The highest BCUT2D eigenvalue weighted by Gasteiger charge is 2.20. The Morgan fingerprint density at radius 1 is 1.25 bits per heavy atom. The number of nitrogens with one attached hydrogen (secondary N) is 1. The van der Waals surface area contributed by atoms with Crippen molar-refractivity contribution in [1.82, 2.24) is 0 Å². The molecule has 0 heterocycles. The summed E-state index contributed by atoms with van der Waals surface area (Å²) in [4.78, 5) is 0. The first-order valence-corrected chi connectivity index (χ1v) is 7.12. The van der Waals surface area contributed by atoms with Crippen LogP contribution in [0.25, 0.3) is 0 Å². The van der Waals surface area contributed by atoms with E-state index in [2.05, 4.69) is 23.5 Å². The topological polar surface area (TPSA) is 38.0 Å². The minimum absolute atomic E-state index is 0.0529.